The topological polar surface area (TPSA) is 54.5 Å². The molecule has 0 aromatic heterocycles. The van der Waals surface area contributed by atoms with E-state index in [2.05, 4.69) is 35.8 Å². The van der Waals surface area contributed by atoms with Crippen LogP contribution in [-0.2, 0) is 14.3 Å². The van der Waals surface area contributed by atoms with Gasteiger partial charge in [-0.3, -0.25) is 9.69 Å². The summed E-state index contributed by atoms with van der Waals surface area (Å²) in [5.41, 5.74) is 1.62. The Labute approximate surface area is 197 Å². The van der Waals surface area contributed by atoms with Gasteiger partial charge in [0.15, 0.2) is 0 Å². The highest BCUT2D eigenvalue weighted by atomic mass is 16.6. The van der Waals surface area contributed by atoms with Crippen molar-refractivity contribution in [2.24, 2.45) is 23.2 Å². The Bertz CT molecular complexity index is 900. The molecular weight excluding hydrogens is 416 g/mol. The lowest BCUT2D eigenvalue weighted by atomic mass is 9.53. The number of hydrogen-bond acceptors (Lipinski definition) is 6. The number of epoxide rings is 1. The number of nitrogens with zero attached hydrogens (tertiary/aromatic N) is 2. The number of fused-ring (bicyclic) bond motifs is 3. The summed E-state index contributed by atoms with van der Waals surface area (Å²) in [6.45, 7) is 9.40. The van der Waals surface area contributed by atoms with Gasteiger partial charge in [-0.25, -0.2) is 0 Å². The van der Waals surface area contributed by atoms with Crippen molar-refractivity contribution < 1.29 is 19.0 Å². The minimum atomic E-state index is 0.0111. The maximum atomic E-state index is 13.0. The third-order valence-corrected chi connectivity index (χ3v) is 9.65. The van der Waals surface area contributed by atoms with E-state index in [0.29, 0.717) is 17.9 Å². The zero-order chi connectivity index (χ0) is 22.8. The maximum absolute atomic E-state index is 13.0. The van der Waals surface area contributed by atoms with Crippen molar-refractivity contribution in [3.63, 3.8) is 0 Å². The lowest BCUT2D eigenvalue weighted by molar-refractivity contribution is -0.147. The standard InChI is InChI=1S/C27H38N2O4/c1-18-15-28(11-12-29(18)19-5-7-20(31-3)8-6-19)16-22-21-13-24-26(2,14-23(21)33-25(22)30)9-4-10-27(24)17-32-27/h5-8,18,21-24H,4,9-17H2,1-3H3/t18-,21+,22-,23+,24-,26+,27-/m0/s1. The second-order valence-electron chi connectivity index (χ2n) is 11.6. The number of methoxy groups -OCH3 is 1. The molecule has 6 nitrogen and oxygen atoms in total. The highest BCUT2D eigenvalue weighted by Crippen LogP contribution is 2.62. The average molecular weight is 455 g/mol. The zero-order valence-corrected chi connectivity index (χ0v) is 20.3. The van der Waals surface area contributed by atoms with Crippen molar-refractivity contribution in [1.29, 1.82) is 0 Å². The molecule has 3 heterocycles. The minimum absolute atomic E-state index is 0.0111. The van der Waals surface area contributed by atoms with Gasteiger partial charge in [0.25, 0.3) is 0 Å². The summed E-state index contributed by atoms with van der Waals surface area (Å²) >= 11 is 0. The highest BCUT2D eigenvalue weighted by molar-refractivity contribution is 5.75. The van der Waals surface area contributed by atoms with Gasteiger partial charge in [0, 0.05) is 43.8 Å². The van der Waals surface area contributed by atoms with Crippen LogP contribution >= 0.6 is 0 Å². The summed E-state index contributed by atoms with van der Waals surface area (Å²) in [7, 11) is 1.70. The molecule has 5 aliphatic rings. The third-order valence-electron chi connectivity index (χ3n) is 9.65. The maximum Gasteiger partial charge on any atom is 0.310 e. The SMILES string of the molecule is COc1ccc(N2CCN(C[C@@H]3C(=O)O[C@@H]4C[C@@]5(C)CCC[C@]6(CO6)[C@H]5C[C@H]34)C[C@@H]2C)cc1. The number of ether oxygens (including phenoxy) is 3. The number of carbonyl (C=O) groups is 1. The first-order chi connectivity index (χ1) is 15.9. The molecule has 7 atom stereocenters. The van der Waals surface area contributed by atoms with Crippen LogP contribution in [0, 0.1) is 23.2 Å². The predicted molar refractivity (Wildman–Crippen MR) is 126 cm³/mol. The summed E-state index contributed by atoms with van der Waals surface area (Å²) < 4.78 is 17.4. The summed E-state index contributed by atoms with van der Waals surface area (Å²) in [6.07, 6.45) is 5.93. The number of rotatable bonds is 4. The smallest absolute Gasteiger partial charge is 0.310 e. The molecule has 1 spiro atoms. The third kappa shape index (κ3) is 3.65. The summed E-state index contributed by atoms with van der Waals surface area (Å²) in [5, 5.41) is 0. The number of anilines is 1. The van der Waals surface area contributed by atoms with Gasteiger partial charge in [-0.2, -0.15) is 0 Å². The Morgan fingerprint density at radius 1 is 1.18 bits per heavy atom. The first-order valence-corrected chi connectivity index (χ1v) is 12.9. The van der Waals surface area contributed by atoms with E-state index in [1.807, 2.05) is 12.1 Å². The van der Waals surface area contributed by atoms with E-state index >= 15 is 0 Å². The molecule has 33 heavy (non-hydrogen) atoms. The molecule has 1 aromatic rings. The molecule has 0 radical (unpaired) electrons. The molecule has 0 bridgehead atoms. The second kappa shape index (κ2) is 7.88. The molecule has 6 heteroatoms. The normalized spacial score (nSPS) is 42.6. The summed E-state index contributed by atoms with van der Waals surface area (Å²) in [5.74, 6) is 1.88. The van der Waals surface area contributed by atoms with Gasteiger partial charge in [-0.1, -0.05) is 6.92 Å². The fourth-order valence-corrected chi connectivity index (χ4v) is 7.80. The molecule has 0 N–H and O–H groups in total. The first kappa shape index (κ1) is 21.7. The summed E-state index contributed by atoms with van der Waals surface area (Å²) in [6, 6.07) is 8.74. The van der Waals surface area contributed by atoms with E-state index in [1.54, 1.807) is 7.11 Å². The quantitative estimate of drug-likeness (QED) is 0.510. The van der Waals surface area contributed by atoms with Crippen LogP contribution in [0.2, 0.25) is 0 Å². The van der Waals surface area contributed by atoms with Crippen LogP contribution in [0.5, 0.6) is 5.75 Å². The second-order valence-corrected chi connectivity index (χ2v) is 11.6. The monoisotopic (exact) mass is 454 g/mol. The van der Waals surface area contributed by atoms with E-state index < -0.39 is 0 Å². The van der Waals surface area contributed by atoms with Crippen molar-refractivity contribution in [3.8, 4) is 5.75 Å². The Morgan fingerprint density at radius 2 is 1.97 bits per heavy atom. The number of piperazine rings is 1. The fraction of sp³-hybridized carbons (Fsp3) is 0.741. The van der Waals surface area contributed by atoms with Gasteiger partial charge in [-0.05, 0) is 74.6 Å². The molecule has 0 unspecified atom stereocenters. The number of benzene rings is 1. The van der Waals surface area contributed by atoms with Gasteiger partial charge in [0.1, 0.15) is 11.9 Å². The average Bonchev–Trinajstić information content (AvgIpc) is 3.51. The number of hydrogen-bond donors (Lipinski definition) is 0. The predicted octanol–water partition coefficient (Wildman–Crippen LogP) is 3.73. The molecule has 0 amide bonds. The van der Waals surface area contributed by atoms with Crippen LogP contribution < -0.4 is 9.64 Å². The van der Waals surface area contributed by atoms with Crippen LogP contribution in [-0.4, -0.2) is 68.5 Å². The van der Waals surface area contributed by atoms with Crippen molar-refractivity contribution >= 4 is 11.7 Å². The van der Waals surface area contributed by atoms with E-state index in [4.69, 9.17) is 14.2 Å². The molecule has 2 saturated carbocycles. The van der Waals surface area contributed by atoms with Crippen molar-refractivity contribution in [3.05, 3.63) is 24.3 Å². The van der Waals surface area contributed by atoms with Gasteiger partial charge < -0.3 is 19.1 Å². The highest BCUT2D eigenvalue weighted by Gasteiger charge is 2.65. The largest absolute Gasteiger partial charge is 0.497 e. The van der Waals surface area contributed by atoms with E-state index in [1.165, 1.54) is 24.9 Å². The lowest BCUT2D eigenvalue weighted by Crippen LogP contribution is -2.54. The summed E-state index contributed by atoms with van der Waals surface area (Å²) in [4.78, 5) is 18.0. The Balaban J connectivity index is 1.12. The Morgan fingerprint density at radius 3 is 2.67 bits per heavy atom. The lowest BCUT2D eigenvalue weighted by Gasteiger charge is -2.51. The molecule has 1 aromatic carbocycles. The molecular formula is C27H38N2O4. The molecule has 3 aliphatic heterocycles. The number of carbonyl (C=O) groups excluding carboxylic acids is 1. The molecule has 180 valence electrons. The molecule has 5 fully saturated rings. The molecule has 2 aliphatic carbocycles. The van der Waals surface area contributed by atoms with Crippen LogP contribution in [0.3, 0.4) is 0 Å². The van der Waals surface area contributed by atoms with Gasteiger partial charge in [0.05, 0.1) is 25.2 Å². The van der Waals surface area contributed by atoms with Crippen molar-refractivity contribution in [2.45, 2.75) is 63.7 Å². The fourth-order valence-electron chi connectivity index (χ4n) is 7.80. The van der Waals surface area contributed by atoms with Crippen molar-refractivity contribution in [2.75, 3.05) is 44.8 Å². The zero-order valence-electron chi connectivity index (χ0n) is 20.3. The van der Waals surface area contributed by atoms with Crippen LogP contribution in [0.15, 0.2) is 24.3 Å². The van der Waals surface area contributed by atoms with E-state index in [9.17, 15) is 4.79 Å². The van der Waals surface area contributed by atoms with Gasteiger partial charge >= 0.3 is 5.97 Å². The van der Waals surface area contributed by atoms with Gasteiger partial charge in [0.2, 0.25) is 0 Å². The van der Waals surface area contributed by atoms with Crippen LogP contribution in [0.1, 0.15) is 46.0 Å². The molecule has 3 saturated heterocycles. The number of esters is 1. The Kier molecular flexibility index (Phi) is 5.18. The minimum Gasteiger partial charge on any atom is -0.497 e. The van der Waals surface area contributed by atoms with Crippen LogP contribution in [0.4, 0.5) is 5.69 Å². The first-order valence-electron chi connectivity index (χ1n) is 12.9. The van der Waals surface area contributed by atoms with Crippen LogP contribution in [0.25, 0.3) is 0 Å². The van der Waals surface area contributed by atoms with Crippen molar-refractivity contribution in [1.82, 2.24) is 4.90 Å². The Hall–Kier alpha value is -1.79. The van der Waals surface area contributed by atoms with E-state index in [0.717, 1.165) is 51.4 Å². The van der Waals surface area contributed by atoms with E-state index in [-0.39, 0.29) is 29.0 Å². The van der Waals surface area contributed by atoms with Gasteiger partial charge in [-0.15, -0.1) is 0 Å². The molecule has 6 rings (SSSR count).